The van der Waals surface area contributed by atoms with Crippen molar-refractivity contribution in [3.05, 3.63) is 135 Å². The average molecular weight is 578 g/mol. The minimum atomic E-state index is -0.895. The molecular formula is C34H28ClN3O4. The van der Waals surface area contributed by atoms with E-state index in [1.165, 1.54) is 12.1 Å². The lowest BCUT2D eigenvalue weighted by Gasteiger charge is -2.27. The van der Waals surface area contributed by atoms with Gasteiger partial charge in [-0.2, -0.15) is 5.10 Å². The molecule has 7 nitrogen and oxygen atoms in total. The van der Waals surface area contributed by atoms with Gasteiger partial charge in [-0.25, -0.2) is 5.01 Å². The van der Waals surface area contributed by atoms with E-state index in [1.54, 1.807) is 19.2 Å². The van der Waals surface area contributed by atoms with Gasteiger partial charge in [0.15, 0.2) is 6.10 Å². The van der Waals surface area contributed by atoms with Crippen LogP contribution in [0.15, 0.2) is 113 Å². The summed E-state index contributed by atoms with van der Waals surface area (Å²) in [6, 6.07) is 31.3. The lowest BCUT2D eigenvalue weighted by Crippen LogP contribution is -2.32. The fraction of sp³-hybridized carbons (Fsp3) is 0.147. The Morgan fingerprint density at radius 1 is 0.929 bits per heavy atom. The van der Waals surface area contributed by atoms with Gasteiger partial charge in [0, 0.05) is 40.6 Å². The number of halogens is 1. The summed E-state index contributed by atoms with van der Waals surface area (Å²) in [4.78, 5) is 31.0. The Morgan fingerprint density at radius 3 is 2.33 bits per heavy atom. The van der Waals surface area contributed by atoms with Gasteiger partial charge < -0.3 is 14.5 Å². The molecule has 210 valence electrons. The standard InChI is InChI=1S/C34H28ClN3O4/c1-41-29-16-10-9-15-24(29)28-20-27(37-38(28)34(40)32(42-2)22-13-7-4-8-14-22)31-30(21-11-5-3-6-12-21)25-19-23(35)17-18-26(25)36-33(31)39/h3-19,28,32H,20H2,1-2H3,(H,36,39). The van der Waals surface area contributed by atoms with E-state index in [9.17, 15) is 9.59 Å². The first kappa shape index (κ1) is 27.4. The van der Waals surface area contributed by atoms with E-state index in [2.05, 4.69) is 4.98 Å². The maximum atomic E-state index is 14.2. The predicted molar refractivity (Wildman–Crippen MR) is 165 cm³/mol. The molecule has 0 fully saturated rings. The SMILES string of the molecule is COc1ccccc1C1CC(c2c(-c3ccccc3)c3cc(Cl)ccc3[nH]c2=O)=NN1C(=O)C(OC)c1ccccc1. The first-order valence-corrected chi connectivity index (χ1v) is 13.9. The van der Waals surface area contributed by atoms with Crippen molar-refractivity contribution in [2.45, 2.75) is 18.6 Å². The summed E-state index contributed by atoms with van der Waals surface area (Å²) in [6.45, 7) is 0. The van der Waals surface area contributed by atoms with Crippen molar-refractivity contribution in [3.8, 4) is 16.9 Å². The number of hydrazone groups is 1. The van der Waals surface area contributed by atoms with Crippen molar-refractivity contribution in [3.63, 3.8) is 0 Å². The van der Waals surface area contributed by atoms with Gasteiger partial charge in [0.25, 0.3) is 11.5 Å². The van der Waals surface area contributed by atoms with Gasteiger partial charge in [0.05, 0.1) is 24.4 Å². The normalized spacial score (nSPS) is 15.5. The highest BCUT2D eigenvalue weighted by Crippen LogP contribution is 2.41. The Hall–Kier alpha value is -4.72. The fourth-order valence-corrected chi connectivity index (χ4v) is 5.79. The lowest BCUT2D eigenvalue weighted by atomic mass is 9.90. The number of nitrogens with zero attached hydrogens (tertiary/aromatic N) is 2. The van der Waals surface area contributed by atoms with Crippen LogP contribution in [0.4, 0.5) is 0 Å². The monoisotopic (exact) mass is 577 g/mol. The molecule has 2 heterocycles. The summed E-state index contributed by atoms with van der Waals surface area (Å²) in [5, 5.41) is 7.63. The van der Waals surface area contributed by atoms with Crippen LogP contribution in [-0.4, -0.2) is 35.8 Å². The molecule has 42 heavy (non-hydrogen) atoms. The molecule has 1 aliphatic heterocycles. The smallest absolute Gasteiger partial charge is 0.276 e. The Kier molecular flexibility index (Phi) is 7.61. The molecular weight excluding hydrogens is 550 g/mol. The summed E-state index contributed by atoms with van der Waals surface area (Å²) in [7, 11) is 3.09. The van der Waals surface area contributed by atoms with Gasteiger partial charge in [0.2, 0.25) is 0 Å². The van der Waals surface area contributed by atoms with Crippen molar-refractivity contribution >= 4 is 34.1 Å². The molecule has 0 saturated heterocycles. The van der Waals surface area contributed by atoms with Crippen LogP contribution in [0.1, 0.15) is 35.3 Å². The summed E-state index contributed by atoms with van der Waals surface area (Å²) >= 11 is 6.44. The van der Waals surface area contributed by atoms with E-state index in [0.717, 1.165) is 16.5 Å². The Morgan fingerprint density at radius 2 is 1.62 bits per heavy atom. The zero-order valence-electron chi connectivity index (χ0n) is 23.1. The topological polar surface area (TPSA) is 84.0 Å². The molecule has 1 aromatic heterocycles. The van der Waals surface area contributed by atoms with E-state index >= 15 is 0 Å². The summed E-state index contributed by atoms with van der Waals surface area (Å²) in [5.74, 6) is 0.268. The fourth-order valence-electron chi connectivity index (χ4n) is 5.62. The van der Waals surface area contributed by atoms with Gasteiger partial charge in [-0.1, -0.05) is 90.5 Å². The number of rotatable bonds is 7. The highest BCUT2D eigenvalue weighted by atomic mass is 35.5. The number of nitrogens with one attached hydrogen (secondary N) is 1. The summed E-state index contributed by atoms with van der Waals surface area (Å²) < 4.78 is 11.4. The van der Waals surface area contributed by atoms with Crippen LogP contribution in [0.5, 0.6) is 5.75 Å². The van der Waals surface area contributed by atoms with Gasteiger partial charge in [-0.15, -0.1) is 0 Å². The average Bonchev–Trinajstić information content (AvgIpc) is 3.46. The maximum absolute atomic E-state index is 14.2. The molecule has 0 spiro atoms. The molecule has 0 aliphatic carbocycles. The number of methoxy groups -OCH3 is 2. The van der Waals surface area contributed by atoms with Gasteiger partial charge in [0.1, 0.15) is 5.75 Å². The highest BCUT2D eigenvalue weighted by Gasteiger charge is 2.39. The minimum Gasteiger partial charge on any atom is -0.496 e. The molecule has 1 aliphatic rings. The minimum absolute atomic E-state index is 0.284. The number of amides is 1. The molecule has 4 aromatic carbocycles. The first-order chi connectivity index (χ1) is 20.5. The second kappa shape index (κ2) is 11.6. The third-order valence-electron chi connectivity index (χ3n) is 7.52. The number of hydrogen-bond donors (Lipinski definition) is 1. The first-order valence-electron chi connectivity index (χ1n) is 13.5. The molecule has 1 amide bonds. The number of benzene rings is 4. The number of fused-ring (bicyclic) bond motifs is 1. The largest absolute Gasteiger partial charge is 0.496 e. The van der Waals surface area contributed by atoms with E-state index in [1.807, 2.05) is 91.0 Å². The highest BCUT2D eigenvalue weighted by molar-refractivity contribution is 6.31. The third kappa shape index (κ3) is 4.98. The van der Waals surface area contributed by atoms with E-state index in [-0.39, 0.29) is 17.9 Å². The van der Waals surface area contributed by atoms with E-state index in [0.29, 0.717) is 38.7 Å². The number of carbonyl (C=O) groups excluding carboxylic acids is 1. The number of pyridine rings is 1. The molecule has 8 heteroatoms. The number of ether oxygens (including phenoxy) is 2. The zero-order chi connectivity index (χ0) is 29.2. The molecule has 0 bridgehead atoms. The quantitative estimate of drug-likeness (QED) is 0.227. The Balaban J connectivity index is 1.57. The van der Waals surface area contributed by atoms with Crippen LogP contribution >= 0.6 is 11.6 Å². The van der Waals surface area contributed by atoms with Crippen LogP contribution in [0.25, 0.3) is 22.0 Å². The third-order valence-corrected chi connectivity index (χ3v) is 7.76. The van der Waals surface area contributed by atoms with Crippen molar-refractivity contribution in [2.24, 2.45) is 5.10 Å². The van der Waals surface area contributed by atoms with Crippen molar-refractivity contribution in [2.75, 3.05) is 14.2 Å². The van der Waals surface area contributed by atoms with Gasteiger partial charge >= 0.3 is 0 Å². The molecule has 5 aromatic rings. The molecule has 2 atom stereocenters. The van der Waals surface area contributed by atoms with E-state index in [4.69, 9.17) is 26.2 Å². The van der Waals surface area contributed by atoms with Crippen molar-refractivity contribution < 1.29 is 14.3 Å². The molecule has 0 radical (unpaired) electrons. The summed E-state index contributed by atoms with van der Waals surface area (Å²) in [6.07, 6.45) is -0.611. The number of H-pyrrole nitrogens is 1. The van der Waals surface area contributed by atoms with Crippen molar-refractivity contribution in [1.29, 1.82) is 0 Å². The lowest BCUT2D eigenvalue weighted by molar-refractivity contribution is -0.144. The Labute approximate surface area is 248 Å². The van der Waals surface area contributed by atoms with Crippen molar-refractivity contribution in [1.82, 2.24) is 9.99 Å². The number of carbonyl (C=O) groups is 1. The van der Waals surface area contributed by atoms with Crippen LogP contribution < -0.4 is 10.3 Å². The van der Waals surface area contributed by atoms with Crippen LogP contribution in [0, 0.1) is 0 Å². The van der Waals surface area contributed by atoms with E-state index < -0.39 is 12.1 Å². The number of aromatic nitrogens is 1. The van der Waals surface area contributed by atoms with Crippen LogP contribution in [0.2, 0.25) is 5.02 Å². The molecule has 1 N–H and O–H groups in total. The second-order valence-corrected chi connectivity index (χ2v) is 10.4. The molecule has 6 rings (SSSR count). The number of aromatic amines is 1. The second-order valence-electron chi connectivity index (χ2n) is 9.98. The number of hydrogen-bond acceptors (Lipinski definition) is 5. The number of para-hydroxylation sites is 1. The predicted octanol–water partition coefficient (Wildman–Crippen LogP) is 6.92. The van der Waals surface area contributed by atoms with Crippen LogP contribution in [0.3, 0.4) is 0 Å². The van der Waals surface area contributed by atoms with Gasteiger partial charge in [-0.3, -0.25) is 9.59 Å². The zero-order valence-corrected chi connectivity index (χ0v) is 23.8. The molecule has 0 saturated carbocycles. The summed E-state index contributed by atoms with van der Waals surface area (Å²) in [5.41, 5.74) is 4.24. The van der Waals surface area contributed by atoms with Crippen LogP contribution in [-0.2, 0) is 9.53 Å². The Bertz CT molecular complexity index is 1850. The maximum Gasteiger partial charge on any atom is 0.276 e. The molecule has 2 unspecified atom stereocenters. The van der Waals surface area contributed by atoms with Gasteiger partial charge in [-0.05, 0) is 35.4 Å².